The van der Waals surface area contributed by atoms with Crippen LogP contribution >= 0.6 is 0 Å². The minimum Gasteiger partial charge on any atom is -0.508 e. The molecule has 2 atom stereocenters. The number of hydrogen-bond donors (Lipinski definition) is 2. The van der Waals surface area contributed by atoms with Gasteiger partial charge >= 0.3 is 0 Å². The highest BCUT2D eigenvalue weighted by molar-refractivity contribution is 5.44. The van der Waals surface area contributed by atoms with Crippen molar-refractivity contribution in [2.24, 2.45) is 5.92 Å². The number of rotatable bonds is 11. The van der Waals surface area contributed by atoms with E-state index in [1.165, 1.54) is 35.1 Å². The third kappa shape index (κ3) is 6.27. The summed E-state index contributed by atoms with van der Waals surface area (Å²) >= 11 is 0. The summed E-state index contributed by atoms with van der Waals surface area (Å²) in [6.45, 7) is 13.1. The first kappa shape index (κ1) is 24.3. The first-order valence-electron chi connectivity index (χ1n) is 11.9. The molecule has 0 aliphatic rings. The Morgan fingerprint density at radius 2 is 1.37 bits per heavy atom. The van der Waals surface area contributed by atoms with Gasteiger partial charge < -0.3 is 10.2 Å². The van der Waals surface area contributed by atoms with Crippen LogP contribution in [0, 0.1) is 19.8 Å². The molecule has 0 radical (unpaired) electrons. The Kier molecular flexibility index (Phi) is 9.27. The molecule has 0 aliphatic heterocycles. The van der Waals surface area contributed by atoms with E-state index in [4.69, 9.17) is 0 Å². The lowest BCUT2D eigenvalue weighted by molar-refractivity contribution is 0.454. The summed E-state index contributed by atoms with van der Waals surface area (Å²) in [6.07, 6.45) is 8.65. The van der Waals surface area contributed by atoms with Crippen molar-refractivity contribution >= 4 is 0 Å². The predicted octanol–water partition coefficient (Wildman–Crippen LogP) is 7.77. The molecule has 2 N–H and O–H groups in total. The predicted molar refractivity (Wildman–Crippen MR) is 129 cm³/mol. The number of aromatic hydroxyl groups is 2. The van der Waals surface area contributed by atoms with E-state index in [0.717, 1.165) is 49.7 Å². The molecule has 0 spiro atoms. The summed E-state index contributed by atoms with van der Waals surface area (Å²) < 4.78 is 0. The van der Waals surface area contributed by atoms with Gasteiger partial charge in [-0.25, -0.2) is 0 Å². The SMILES string of the molecule is CCCCc1cc(CC(CCC)Cc2cc(C(C)CC)c(O)cc2C)c(C)cc1O. The van der Waals surface area contributed by atoms with Gasteiger partial charge in [0.2, 0.25) is 0 Å². The second kappa shape index (κ2) is 11.4. The average Bonchev–Trinajstić information content (AvgIpc) is 2.70. The van der Waals surface area contributed by atoms with Gasteiger partial charge in [0.1, 0.15) is 11.5 Å². The summed E-state index contributed by atoms with van der Waals surface area (Å²) in [5.41, 5.74) is 7.28. The molecule has 2 nitrogen and oxygen atoms in total. The summed E-state index contributed by atoms with van der Waals surface area (Å²) in [6, 6.07) is 8.40. The number of hydrogen-bond acceptors (Lipinski definition) is 2. The molecule has 0 fully saturated rings. The van der Waals surface area contributed by atoms with Crippen LogP contribution in [0.2, 0.25) is 0 Å². The number of aryl methyl sites for hydroxylation is 3. The zero-order valence-corrected chi connectivity index (χ0v) is 20.0. The van der Waals surface area contributed by atoms with E-state index in [0.29, 0.717) is 23.3 Å². The first-order chi connectivity index (χ1) is 14.3. The quantitative estimate of drug-likeness (QED) is 0.397. The highest BCUT2D eigenvalue weighted by atomic mass is 16.3. The lowest BCUT2D eigenvalue weighted by Crippen LogP contribution is -2.11. The summed E-state index contributed by atoms with van der Waals surface area (Å²) in [7, 11) is 0. The van der Waals surface area contributed by atoms with Crippen LogP contribution in [-0.4, -0.2) is 10.2 Å². The molecule has 0 heterocycles. The Hall–Kier alpha value is -1.96. The third-order valence-corrected chi connectivity index (χ3v) is 6.68. The Morgan fingerprint density at radius 3 is 1.93 bits per heavy atom. The van der Waals surface area contributed by atoms with Crippen LogP contribution in [0.25, 0.3) is 0 Å². The van der Waals surface area contributed by atoms with Gasteiger partial charge in [-0.1, -0.05) is 59.1 Å². The number of unbranched alkanes of at least 4 members (excludes halogenated alkanes) is 1. The van der Waals surface area contributed by atoms with Crippen molar-refractivity contribution in [1.82, 2.24) is 0 Å². The molecule has 2 rings (SSSR count). The van der Waals surface area contributed by atoms with Gasteiger partial charge in [-0.2, -0.15) is 0 Å². The largest absolute Gasteiger partial charge is 0.508 e. The smallest absolute Gasteiger partial charge is 0.119 e. The third-order valence-electron chi connectivity index (χ3n) is 6.68. The van der Waals surface area contributed by atoms with E-state index in [1.54, 1.807) is 0 Å². The lowest BCUT2D eigenvalue weighted by Gasteiger charge is -2.22. The van der Waals surface area contributed by atoms with Crippen molar-refractivity contribution in [2.75, 3.05) is 0 Å². The molecule has 166 valence electrons. The number of phenols is 2. The van der Waals surface area contributed by atoms with Crippen molar-refractivity contribution in [3.8, 4) is 11.5 Å². The van der Waals surface area contributed by atoms with Crippen LogP contribution in [0.3, 0.4) is 0 Å². The van der Waals surface area contributed by atoms with Crippen LogP contribution in [0.4, 0.5) is 0 Å². The van der Waals surface area contributed by atoms with Gasteiger partial charge in [0.15, 0.2) is 0 Å². The second-order valence-corrected chi connectivity index (χ2v) is 9.22. The van der Waals surface area contributed by atoms with E-state index in [-0.39, 0.29) is 0 Å². The molecule has 0 aliphatic carbocycles. The van der Waals surface area contributed by atoms with Gasteiger partial charge in [-0.15, -0.1) is 0 Å². The molecular weight excluding hydrogens is 368 g/mol. The van der Waals surface area contributed by atoms with Crippen molar-refractivity contribution in [3.05, 3.63) is 57.6 Å². The van der Waals surface area contributed by atoms with Crippen molar-refractivity contribution in [3.63, 3.8) is 0 Å². The first-order valence-corrected chi connectivity index (χ1v) is 11.9. The molecule has 0 bridgehead atoms. The van der Waals surface area contributed by atoms with E-state index < -0.39 is 0 Å². The molecule has 0 saturated carbocycles. The lowest BCUT2D eigenvalue weighted by atomic mass is 9.84. The minimum atomic E-state index is 0.370. The number of benzene rings is 2. The van der Waals surface area contributed by atoms with Crippen LogP contribution in [0.1, 0.15) is 99.1 Å². The zero-order chi connectivity index (χ0) is 22.3. The standard InChI is InChI=1S/C28H42O2/c1-7-10-12-23-17-24(20(5)13-27(23)29)15-22(11-8-2)16-25-18-26(19(4)9-3)28(30)14-21(25)6/h13-14,17-19,22,29-30H,7-12,15-16H2,1-6H3. The minimum absolute atomic E-state index is 0.370. The molecule has 2 aromatic rings. The summed E-state index contributed by atoms with van der Waals surface area (Å²) in [4.78, 5) is 0. The molecule has 0 amide bonds. The van der Waals surface area contributed by atoms with Crippen LogP contribution in [0.5, 0.6) is 11.5 Å². The Bertz CT molecular complexity index is 822. The van der Waals surface area contributed by atoms with Gasteiger partial charge in [-0.3, -0.25) is 0 Å². The summed E-state index contributed by atoms with van der Waals surface area (Å²) in [5, 5.41) is 20.8. The van der Waals surface area contributed by atoms with Crippen LogP contribution < -0.4 is 0 Å². The molecule has 2 heteroatoms. The number of phenolic OH excluding ortho intramolecular Hbond substituents is 2. The molecule has 2 unspecified atom stereocenters. The van der Waals surface area contributed by atoms with Gasteiger partial charge in [0.05, 0.1) is 0 Å². The topological polar surface area (TPSA) is 40.5 Å². The van der Waals surface area contributed by atoms with Crippen molar-refractivity contribution < 1.29 is 10.2 Å². The fourth-order valence-corrected chi connectivity index (χ4v) is 4.47. The maximum Gasteiger partial charge on any atom is 0.119 e. The van der Waals surface area contributed by atoms with Crippen molar-refractivity contribution in [2.45, 2.75) is 98.8 Å². The fraction of sp³-hybridized carbons (Fsp3) is 0.571. The fourth-order valence-electron chi connectivity index (χ4n) is 4.47. The average molecular weight is 411 g/mol. The van der Waals surface area contributed by atoms with Gasteiger partial charge in [0, 0.05) is 0 Å². The van der Waals surface area contributed by atoms with Crippen molar-refractivity contribution in [1.29, 1.82) is 0 Å². The van der Waals surface area contributed by atoms with E-state index in [9.17, 15) is 10.2 Å². The zero-order valence-electron chi connectivity index (χ0n) is 20.0. The van der Waals surface area contributed by atoms with Gasteiger partial charge in [0.25, 0.3) is 0 Å². The van der Waals surface area contributed by atoms with Crippen LogP contribution in [-0.2, 0) is 19.3 Å². The Balaban J connectivity index is 2.29. The maximum absolute atomic E-state index is 10.4. The van der Waals surface area contributed by atoms with Gasteiger partial charge in [-0.05, 0) is 103 Å². The molecule has 2 aromatic carbocycles. The van der Waals surface area contributed by atoms with E-state index in [2.05, 4.69) is 53.7 Å². The van der Waals surface area contributed by atoms with E-state index >= 15 is 0 Å². The van der Waals surface area contributed by atoms with E-state index in [1.807, 2.05) is 12.1 Å². The highest BCUT2D eigenvalue weighted by Crippen LogP contribution is 2.33. The molecule has 0 saturated heterocycles. The maximum atomic E-state index is 10.4. The summed E-state index contributed by atoms with van der Waals surface area (Å²) in [5.74, 6) is 1.82. The van der Waals surface area contributed by atoms with Crippen LogP contribution in [0.15, 0.2) is 24.3 Å². The molecule has 0 aromatic heterocycles. The molecule has 30 heavy (non-hydrogen) atoms. The second-order valence-electron chi connectivity index (χ2n) is 9.22. The Labute approximate surface area is 184 Å². The highest BCUT2D eigenvalue weighted by Gasteiger charge is 2.17. The molecular formula is C28H42O2. The monoisotopic (exact) mass is 410 g/mol. The normalized spacial score (nSPS) is 13.4. The Morgan fingerprint density at radius 1 is 0.767 bits per heavy atom.